The number of hydrogen-bond donors (Lipinski definition) is 2. The summed E-state index contributed by atoms with van der Waals surface area (Å²) in [5.74, 6) is 0.765. The Labute approximate surface area is 163 Å². The monoisotopic (exact) mass is 386 g/mol. The molecule has 6 nitrogen and oxygen atoms in total. The molecule has 142 valence electrons. The van der Waals surface area contributed by atoms with Gasteiger partial charge in [0.15, 0.2) is 0 Å². The Balaban J connectivity index is 1.71. The van der Waals surface area contributed by atoms with Crippen LogP contribution < -0.4 is 10.1 Å². The highest BCUT2D eigenvalue weighted by molar-refractivity contribution is 6.29. The first-order chi connectivity index (χ1) is 12.8. The first kappa shape index (κ1) is 18.2. The normalized spacial score (nSPS) is 21.1. The van der Waals surface area contributed by atoms with Gasteiger partial charge in [0.25, 0.3) is 0 Å². The van der Waals surface area contributed by atoms with Crippen molar-refractivity contribution in [2.45, 2.75) is 45.1 Å². The van der Waals surface area contributed by atoms with Crippen LogP contribution in [0.15, 0.2) is 36.7 Å². The first-order valence-corrected chi connectivity index (χ1v) is 9.41. The number of benzene rings is 1. The highest BCUT2D eigenvalue weighted by Crippen LogP contribution is 2.42. The largest absolute Gasteiger partial charge is 0.485 e. The molecule has 0 aliphatic carbocycles. The number of halogens is 1. The van der Waals surface area contributed by atoms with Crippen molar-refractivity contribution in [2.24, 2.45) is 0 Å². The maximum absolute atomic E-state index is 10.9. The highest BCUT2D eigenvalue weighted by Gasteiger charge is 2.42. The van der Waals surface area contributed by atoms with Gasteiger partial charge >= 0.3 is 0 Å². The summed E-state index contributed by atoms with van der Waals surface area (Å²) in [6.45, 7) is 7.19. The molecule has 0 radical (unpaired) electrons. The fourth-order valence-electron chi connectivity index (χ4n) is 3.63. The van der Waals surface area contributed by atoms with Gasteiger partial charge in [-0.15, -0.1) is 0 Å². The molecule has 1 aliphatic heterocycles. The average molecular weight is 387 g/mol. The first-order valence-electron chi connectivity index (χ1n) is 9.04. The summed E-state index contributed by atoms with van der Waals surface area (Å²) >= 11 is 6.14. The van der Waals surface area contributed by atoms with E-state index in [0.717, 1.165) is 27.8 Å². The zero-order valence-corrected chi connectivity index (χ0v) is 16.4. The van der Waals surface area contributed by atoms with Gasteiger partial charge in [-0.05, 0) is 50.6 Å². The minimum atomic E-state index is -0.711. The zero-order chi connectivity index (χ0) is 19.2. The molecule has 0 fully saturated rings. The van der Waals surface area contributed by atoms with E-state index in [1.165, 1.54) is 0 Å². The van der Waals surface area contributed by atoms with Crippen LogP contribution in [0.1, 0.15) is 31.0 Å². The summed E-state index contributed by atoms with van der Waals surface area (Å²) in [7, 11) is 0. The SMILES string of the molecule is Cc1cc(Cl)nc2cc3c(cc12)OC(C)(C)C(O)C3NCCn1cccn1. The minimum Gasteiger partial charge on any atom is -0.485 e. The molecular formula is C20H23ClN4O2. The molecule has 0 spiro atoms. The number of hydrogen-bond acceptors (Lipinski definition) is 5. The third-order valence-corrected chi connectivity index (χ3v) is 5.31. The van der Waals surface area contributed by atoms with Gasteiger partial charge in [0.2, 0.25) is 0 Å². The van der Waals surface area contributed by atoms with Crippen molar-refractivity contribution in [2.75, 3.05) is 6.54 Å². The molecule has 0 saturated heterocycles. The molecule has 7 heteroatoms. The minimum absolute atomic E-state index is 0.273. The lowest BCUT2D eigenvalue weighted by Gasteiger charge is -2.42. The number of aliphatic hydroxyl groups excluding tert-OH is 1. The topological polar surface area (TPSA) is 72.2 Å². The lowest BCUT2D eigenvalue weighted by Crippen LogP contribution is -2.52. The smallest absolute Gasteiger partial charge is 0.131 e. The van der Waals surface area contributed by atoms with Crippen molar-refractivity contribution in [1.29, 1.82) is 0 Å². The average Bonchev–Trinajstić information content (AvgIpc) is 3.11. The summed E-state index contributed by atoms with van der Waals surface area (Å²) in [6.07, 6.45) is 2.97. The second kappa shape index (κ2) is 6.78. The van der Waals surface area contributed by atoms with Crippen LogP contribution in [0.4, 0.5) is 0 Å². The van der Waals surface area contributed by atoms with E-state index in [-0.39, 0.29) is 6.04 Å². The predicted molar refractivity (Wildman–Crippen MR) is 105 cm³/mol. The van der Waals surface area contributed by atoms with Crippen LogP contribution in [-0.2, 0) is 6.54 Å². The molecule has 3 heterocycles. The van der Waals surface area contributed by atoms with Gasteiger partial charge in [0, 0.05) is 29.9 Å². The molecule has 1 aliphatic rings. The Morgan fingerprint density at radius 3 is 2.89 bits per heavy atom. The number of aliphatic hydroxyl groups is 1. The number of aryl methyl sites for hydroxylation is 1. The van der Waals surface area contributed by atoms with Crippen LogP contribution in [-0.4, -0.2) is 38.1 Å². The van der Waals surface area contributed by atoms with E-state index in [4.69, 9.17) is 16.3 Å². The quantitative estimate of drug-likeness (QED) is 0.673. The molecule has 0 saturated carbocycles. The second-order valence-corrected chi connectivity index (χ2v) is 7.91. The molecule has 1 aromatic carbocycles. The standard InChI is InChI=1S/C20H23ClN4O2/c1-12-9-17(21)24-15-10-14-16(11-13(12)15)27-20(2,3)19(26)18(14)22-6-8-25-7-4-5-23-25/h4-5,7,9-11,18-19,22,26H,6,8H2,1-3H3. The van der Waals surface area contributed by atoms with E-state index in [9.17, 15) is 5.11 Å². The molecule has 2 unspecified atom stereocenters. The van der Waals surface area contributed by atoms with E-state index in [1.54, 1.807) is 6.20 Å². The number of pyridine rings is 1. The number of nitrogens with one attached hydrogen (secondary N) is 1. The van der Waals surface area contributed by atoms with E-state index in [2.05, 4.69) is 15.4 Å². The van der Waals surface area contributed by atoms with Crippen LogP contribution in [0, 0.1) is 6.92 Å². The Kier molecular flexibility index (Phi) is 4.58. The molecule has 27 heavy (non-hydrogen) atoms. The summed E-state index contributed by atoms with van der Waals surface area (Å²) in [5, 5.41) is 20.1. The number of fused-ring (bicyclic) bond motifs is 2. The van der Waals surface area contributed by atoms with Crippen LogP contribution in [0.5, 0.6) is 5.75 Å². The van der Waals surface area contributed by atoms with Crippen molar-refractivity contribution < 1.29 is 9.84 Å². The van der Waals surface area contributed by atoms with Crippen molar-refractivity contribution in [3.05, 3.63) is 52.9 Å². The van der Waals surface area contributed by atoms with Gasteiger partial charge < -0.3 is 15.2 Å². The Morgan fingerprint density at radius 2 is 2.15 bits per heavy atom. The van der Waals surface area contributed by atoms with Gasteiger partial charge in [-0.2, -0.15) is 5.10 Å². The van der Waals surface area contributed by atoms with Crippen LogP contribution in [0.2, 0.25) is 5.15 Å². The highest BCUT2D eigenvalue weighted by atomic mass is 35.5. The van der Waals surface area contributed by atoms with E-state index in [1.807, 2.05) is 55.9 Å². The van der Waals surface area contributed by atoms with Crippen molar-refractivity contribution >= 4 is 22.5 Å². The number of ether oxygens (including phenoxy) is 1. The molecule has 0 bridgehead atoms. The fourth-order valence-corrected chi connectivity index (χ4v) is 3.89. The number of rotatable bonds is 4. The predicted octanol–water partition coefficient (Wildman–Crippen LogP) is 3.26. The zero-order valence-electron chi connectivity index (χ0n) is 15.6. The molecule has 2 atom stereocenters. The molecular weight excluding hydrogens is 364 g/mol. The van der Waals surface area contributed by atoms with Crippen LogP contribution in [0.3, 0.4) is 0 Å². The Morgan fingerprint density at radius 1 is 1.33 bits per heavy atom. The van der Waals surface area contributed by atoms with Crippen molar-refractivity contribution in [3.8, 4) is 5.75 Å². The van der Waals surface area contributed by atoms with Crippen molar-refractivity contribution in [1.82, 2.24) is 20.1 Å². The second-order valence-electron chi connectivity index (χ2n) is 7.52. The lowest BCUT2D eigenvalue weighted by atomic mass is 9.85. The fraction of sp³-hybridized carbons (Fsp3) is 0.400. The number of aromatic nitrogens is 3. The molecule has 0 amide bonds. The van der Waals surface area contributed by atoms with Crippen molar-refractivity contribution in [3.63, 3.8) is 0 Å². The van der Waals surface area contributed by atoms with Gasteiger partial charge in [0.1, 0.15) is 22.6 Å². The third kappa shape index (κ3) is 3.40. The van der Waals surface area contributed by atoms with Gasteiger partial charge in [-0.3, -0.25) is 4.68 Å². The summed E-state index contributed by atoms with van der Waals surface area (Å²) in [6, 6.07) is 7.43. The third-order valence-electron chi connectivity index (χ3n) is 5.12. The number of nitrogens with zero attached hydrogens (tertiary/aromatic N) is 3. The van der Waals surface area contributed by atoms with Gasteiger partial charge in [0.05, 0.1) is 18.1 Å². The van der Waals surface area contributed by atoms with E-state index >= 15 is 0 Å². The van der Waals surface area contributed by atoms with Crippen LogP contribution in [0.25, 0.3) is 10.9 Å². The molecule has 2 aromatic heterocycles. The molecule has 2 N–H and O–H groups in total. The van der Waals surface area contributed by atoms with Crippen LogP contribution >= 0.6 is 11.6 Å². The molecule has 3 aromatic rings. The summed E-state index contributed by atoms with van der Waals surface area (Å²) in [5.41, 5.74) is 2.03. The van der Waals surface area contributed by atoms with Gasteiger partial charge in [-0.1, -0.05) is 11.6 Å². The van der Waals surface area contributed by atoms with E-state index < -0.39 is 11.7 Å². The lowest BCUT2D eigenvalue weighted by molar-refractivity contribution is -0.0644. The Bertz CT molecular complexity index is 972. The maximum Gasteiger partial charge on any atom is 0.131 e. The molecule has 4 rings (SSSR count). The maximum atomic E-state index is 10.9. The van der Waals surface area contributed by atoms with E-state index in [0.29, 0.717) is 18.2 Å². The Hall–Kier alpha value is -2.15. The van der Waals surface area contributed by atoms with Gasteiger partial charge in [-0.25, -0.2) is 4.98 Å². The summed E-state index contributed by atoms with van der Waals surface area (Å²) < 4.78 is 8.00. The summed E-state index contributed by atoms with van der Waals surface area (Å²) in [4.78, 5) is 4.45.